The maximum Gasteiger partial charge on any atom is 0.00104 e. The molecule has 0 saturated heterocycles. The van der Waals surface area contributed by atoms with E-state index in [4.69, 9.17) is 0 Å². The lowest BCUT2D eigenvalue weighted by Crippen LogP contribution is -2.31. The summed E-state index contributed by atoms with van der Waals surface area (Å²) in [6, 6.07) is 9.89. The van der Waals surface area contributed by atoms with Gasteiger partial charge in [-0.05, 0) is 55.2 Å². The van der Waals surface area contributed by atoms with Gasteiger partial charge in [-0.15, -0.1) is 0 Å². The Labute approximate surface area is 118 Å². The molecule has 2 unspecified atom stereocenters. The molecule has 2 rings (SSSR count). The third-order valence-electron chi connectivity index (χ3n) is 4.53. The Bertz CT molecular complexity index is 366. The molecule has 1 aromatic carbocycles. The first-order valence-corrected chi connectivity index (χ1v) is 8.00. The Balaban J connectivity index is 1.89. The van der Waals surface area contributed by atoms with E-state index in [1.165, 1.54) is 43.4 Å². The van der Waals surface area contributed by atoms with Crippen LogP contribution in [0.1, 0.15) is 51.2 Å². The Morgan fingerprint density at radius 3 is 2.32 bits per heavy atom. The summed E-state index contributed by atoms with van der Waals surface area (Å²) in [5, 5.41) is 3.62. The quantitative estimate of drug-likeness (QED) is 0.807. The summed E-state index contributed by atoms with van der Waals surface area (Å²) in [4.78, 5) is 0. The van der Waals surface area contributed by atoms with E-state index in [-0.39, 0.29) is 0 Å². The van der Waals surface area contributed by atoms with Crippen LogP contribution in [0.5, 0.6) is 0 Å². The zero-order valence-corrected chi connectivity index (χ0v) is 12.8. The molecule has 106 valence electrons. The minimum atomic E-state index is 0.616. The zero-order chi connectivity index (χ0) is 13.7. The van der Waals surface area contributed by atoms with Gasteiger partial charge in [0.15, 0.2) is 0 Å². The van der Waals surface area contributed by atoms with Crippen LogP contribution in [0.15, 0.2) is 24.3 Å². The number of aryl methyl sites for hydroxylation is 1. The second-order valence-electron chi connectivity index (χ2n) is 6.39. The highest BCUT2D eigenvalue weighted by atomic mass is 14.9. The lowest BCUT2D eigenvalue weighted by molar-refractivity contribution is 0.354. The smallest absolute Gasteiger partial charge is 0.00104 e. The summed E-state index contributed by atoms with van der Waals surface area (Å²) < 4.78 is 0. The fourth-order valence-corrected chi connectivity index (χ4v) is 3.25. The highest BCUT2D eigenvalue weighted by Gasteiger charge is 2.26. The summed E-state index contributed by atoms with van der Waals surface area (Å²) in [6.07, 6.45) is 6.67. The number of hydrogen-bond acceptors (Lipinski definition) is 1. The van der Waals surface area contributed by atoms with E-state index in [9.17, 15) is 0 Å². The molecule has 0 aromatic heterocycles. The summed E-state index contributed by atoms with van der Waals surface area (Å²) in [7, 11) is 0. The van der Waals surface area contributed by atoms with Crippen LogP contribution in [-0.4, -0.2) is 12.6 Å². The van der Waals surface area contributed by atoms with Gasteiger partial charge >= 0.3 is 0 Å². The largest absolute Gasteiger partial charge is 0.314 e. The summed E-state index contributed by atoms with van der Waals surface area (Å²) in [5.74, 6) is 1.77. The van der Waals surface area contributed by atoms with Crippen molar-refractivity contribution < 1.29 is 0 Å². The van der Waals surface area contributed by atoms with Crippen LogP contribution in [0.2, 0.25) is 0 Å². The first-order valence-electron chi connectivity index (χ1n) is 8.00. The molecule has 1 fully saturated rings. The van der Waals surface area contributed by atoms with Gasteiger partial charge in [-0.3, -0.25) is 0 Å². The van der Waals surface area contributed by atoms with Crippen molar-refractivity contribution in [2.75, 3.05) is 6.54 Å². The van der Waals surface area contributed by atoms with Gasteiger partial charge in [0.25, 0.3) is 0 Å². The van der Waals surface area contributed by atoms with E-state index in [2.05, 4.69) is 50.4 Å². The van der Waals surface area contributed by atoms with Crippen molar-refractivity contribution in [2.24, 2.45) is 11.8 Å². The van der Waals surface area contributed by atoms with Crippen LogP contribution in [-0.2, 0) is 12.8 Å². The van der Waals surface area contributed by atoms with Crippen LogP contribution in [0.25, 0.3) is 0 Å². The van der Waals surface area contributed by atoms with E-state index in [1.807, 2.05) is 0 Å². The Morgan fingerprint density at radius 1 is 1.05 bits per heavy atom. The molecule has 0 radical (unpaired) electrons. The summed E-state index contributed by atoms with van der Waals surface area (Å²) in [6.45, 7) is 7.91. The van der Waals surface area contributed by atoms with Crippen molar-refractivity contribution in [1.29, 1.82) is 0 Å². The first kappa shape index (κ1) is 14.6. The second-order valence-corrected chi connectivity index (χ2v) is 6.39. The molecule has 0 amide bonds. The molecule has 0 bridgehead atoms. The minimum absolute atomic E-state index is 0.616. The monoisotopic (exact) mass is 259 g/mol. The van der Waals surface area contributed by atoms with Crippen molar-refractivity contribution in [3.8, 4) is 0 Å². The lowest BCUT2D eigenvalue weighted by Gasteiger charge is -2.21. The third-order valence-corrected chi connectivity index (χ3v) is 4.53. The van der Waals surface area contributed by atoms with Crippen LogP contribution < -0.4 is 5.32 Å². The number of nitrogens with one attached hydrogen (secondary N) is 1. The van der Waals surface area contributed by atoms with Gasteiger partial charge in [-0.25, -0.2) is 0 Å². The molecule has 1 aliphatic rings. The zero-order valence-electron chi connectivity index (χ0n) is 12.8. The van der Waals surface area contributed by atoms with E-state index in [0.29, 0.717) is 6.04 Å². The molecule has 1 nitrogen and oxygen atoms in total. The molecule has 19 heavy (non-hydrogen) atoms. The first-order chi connectivity index (χ1) is 9.19. The third kappa shape index (κ3) is 4.35. The topological polar surface area (TPSA) is 12.0 Å². The molecule has 1 aromatic rings. The minimum Gasteiger partial charge on any atom is -0.314 e. The fraction of sp³-hybridized carbons (Fsp3) is 0.667. The van der Waals surface area contributed by atoms with E-state index < -0.39 is 0 Å². The average molecular weight is 259 g/mol. The molecule has 1 saturated carbocycles. The predicted octanol–water partition coefficient (Wildman–Crippen LogP) is 4.21. The number of rotatable bonds is 6. The van der Waals surface area contributed by atoms with Crippen molar-refractivity contribution in [3.63, 3.8) is 0 Å². The lowest BCUT2D eigenvalue weighted by atomic mass is 9.89. The normalized spacial score (nSPS) is 23.2. The summed E-state index contributed by atoms with van der Waals surface area (Å²) in [5.41, 5.74) is 2.98. The van der Waals surface area contributed by atoms with Gasteiger partial charge < -0.3 is 5.32 Å². The van der Waals surface area contributed by atoms with Crippen molar-refractivity contribution >= 4 is 0 Å². The number of hydrogen-bond donors (Lipinski definition) is 1. The Morgan fingerprint density at radius 2 is 1.68 bits per heavy atom. The molecule has 2 atom stereocenters. The molecule has 1 heteroatoms. The van der Waals surface area contributed by atoms with Gasteiger partial charge in [0.05, 0.1) is 0 Å². The van der Waals surface area contributed by atoms with Crippen LogP contribution in [0.4, 0.5) is 0 Å². The van der Waals surface area contributed by atoms with Crippen molar-refractivity contribution in [1.82, 2.24) is 5.32 Å². The van der Waals surface area contributed by atoms with Gasteiger partial charge in [-0.1, -0.05) is 51.5 Å². The Kier molecular flexibility index (Phi) is 5.45. The van der Waals surface area contributed by atoms with Gasteiger partial charge in [-0.2, -0.15) is 0 Å². The highest BCUT2D eigenvalue weighted by molar-refractivity contribution is 5.23. The van der Waals surface area contributed by atoms with Gasteiger partial charge in [0.2, 0.25) is 0 Å². The van der Waals surface area contributed by atoms with Crippen LogP contribution in [0, 0.1) is 11.8 Å². The van der Waals surface area contributed by atoms with Crippen molar-refractivity contribution in [3.05, 3.63) is 35.4 Å². The molecular formula is C18H29N. The van der Waals surface area contributed by atoms with Gasteiger partial charge in [0, 0.05) is 6.04 Å². The molecule has 0 aliphatic heterocycles. The second kappa shape index (κ2) is 7.09. The number of benzene rings is 1. The SMILES string of the molecule is CCc1ccc(CC2CCCC2CNC(C)C)cc1. The maximum absolute atomic E-state index is 3.62. The molecule has 0 heterocycles. The maximum atomic E-state index is 3.62. The highest BCUT2D eigenvalue weighted by Crippen LogP contribution is 2.33. The van der Waals surface area contributed by atoms with Gasteiger partial charge in [0.1, 0.15) is 0 Å². The molecule has 1 aliphatic carbocycles. The summed E-state index contributed by atoms with van der Waals surface area (Å²) >= 11 is 0. The predicted molar refractivity (Wildman–Crippen MR) is 83.5 cm³/mol. The van der Waals surface area contributed by atoms with Crippen LogP contribution >= 0.6 is 0 Å². The van der Waals surface area contributed by atoms with E-state index in [1.54, 1.807) is 0 Å². The standard InChI is InChI=1S/C18H29N/c1-4-15-8-10-16(11-9-15)12-17-6-5-7-18(17)13-19-14(2)3/h8-11,14,17-19H,4-7,12-13H2,1-3H3. The molecular weight excluding hydrogens is 230 g/mol. The molecule has 0 spiro atoms. The molecule has 1 N–H and O–H groups in total. The fourth-order valence-electron chi connectivity index (χ4n) is 3.25. The van der Waals surface area contributed by atoms with Crippen LogP contribution in [0.3, 0.4) is 0 Å². The Hall–Kier alpha value is -0.820. The average Bonchev–Trinajstić information content (AvgIpc) is 2.84. The van der Waals surface area contributed by atoms with E-state index >= 15 is 0 Å². The van der Waals surface area contributed by atoms with E-state index in [0.717, 1.165) is 18.3 Å². The van der Waals surface area contributed by atoms with Crippen molar-refractivity contribution in [2.45, 2.75) is 58.9 Å².